The lowest BCUT2D eigenvalue weighted by Gasteiger charge is -2.12. The number of hydrazine groups is 1. The zero-order chi connectivity index (χ0) is 14.7. The molecule has 108 valence electrons. The summed E-state index contributed by atoms with van der Waals surface area (Å²) in [4.78, 5) is 5.76. The van der Waals surface area contributed by atoms with Gasteiger partial charge in [-0.05, 0) is 18.5 Å². The van der Waals surface area contributed by atoms with Crippen molar-refractivity contribution < 1.29 is 0 Å². The summed E-state index contributed by atoms with van der Waals surface area (Å²) in [5.74, 6) is 5.68. The summed E-state index contributed by atoms with van der Waals surface area (Å²) in [5, 5.41) is 7.16. The van der Waals surface area contributed by atoms with E-state index in [1.54, 1.807) is 11.3 Å². The van der Waals surface area contributed by atoms with Gasteiger partial charge in [0.25, 0.3) is 0 Å². The molecule has 7 heteroatoms. The van der Waals surface area contributed by atoms with E-state index in [4.69, 9.17) is 10.8 Å². The molecule has 3 aromatic rings. The van der Waals surface area contributed by atoms with Crippen molar-refractivity contribution in [3.05, 3.63) is 51.3 Å². The predicted molar refractivity (Wildman–Crippen MR) is 86.0 cm³/mol. The molecule has 3 N–H and O–H groups in total. The Hall–Kier alpha value is -1.67. The maximum Gasteiger partial charge on any atom is 0.0952 e. The van der Waals surface area contributed by atoms with E-state index in [-0.39, 0.29) is 6.04 Å². The summed E-state index contributed by atoms with van der Waals surface area (Å²) in [6, 6.07) is 10.2. The molecule has 1 unspecified atom stereocenters. The van der Waals surface area contributed by atoms with Gasteiger partial charge in [0.2, 0.25) is 0 Å². The van der Waals surface area contributed by atoms with E-state index in [0.29, 0.717) is 0 Å². The monoisotopic (exact) mass is 317 g/mol. The third-order valence-corrected chi connectivity index (χ3v) is 5.02. The average Bonchev–Trinajstić information content (AvgIpc) is 3.15. The van der Waals surface area contributed by atoms with Crippen LogP contribution in [0.5, 0.6) is 0 Å². The summed E-state index contributed by atoms with van der Waals surface area (Å²) in [6.45, 7) is 1.94. The first-order valence-corrected chi connectivity index (χ1v) is 8.18. The van der Waals surface area contributed by atoms with Crippen LogP contribution in [0.15, 0.2) is 35.7 Å². The lowest BCUT2D eigenvalue weighted by molar-refractivity contribution is 0.556. The van der Waals surface area contributed by atoms with Crippen LogP contribution < -0.4 is 11.3 Å². The molecule has 0 bridgehead atoms. The second kappa shape index (κ2) is 6.40. The zero-order valence-corrected chi connectivity index (χ0v) is 13.1. The van der Waals surface area contributed by atoms with Crippen LogP contribution >= 0.6 is 22.9 Å². The second-order valence-corrected chi connectivity index (χ2v) is 6.37. The molecule has 0 fully saturated rings. The Balaban J connectivity index is 1.79. The van der Waals surface area contributed by atoms with Gasteiger partial charge in [-0.2, -0.15) is 0 Å². The van der Waals surface area contributed by atoms with Crippen LogP contribution in [-0.4, -0.2) is 14.6 Å². The molecule has 2 heterocycles. The molecule has 3 rings (SSSR count). The zero-order valence-electron chi connectivity index (χ0n) is 11.5. The molecule has 2 aromatic heterocycles. The Morgan fingerprint density at radius 1 is 1.29 bits per heavy atom. The van der Waals surface area contributed by atoms with Gasteiger partial charge in [-0.1, -0.05) is 34.8 Å². The molecule has 0 spiro atoms. The third-order valence-electron chi connectivity index (χ3n) is 3.20. The molecule has 0 saturated heterocycles. The van der Waals surface area contributed by atoms with Gasteiger partial charge in [-0.3, -0.25) is 11.3 Å². The van der Waals surface area contributed by atoms with Gasteiger partial charge in [0.05, 0.1) is 27.3 Å². The molecule has 0 aliphatic heterocycles. The number of aryl methyl sites for hydroxylation is 1. The molecule has 1 aromatic carbocycles. The topological polar surface area (TPSA) is 76.7 Å². The highest BCUT2D eigenvalue weighted by Crippen LogP contribution is 2.27. The van der Waals surface area contributed by atoms with Crippen LogP contribution in [-0.2, 0) is 6.42 Å². The van der Waals surface area contributed by atoms with Crippen molar-refractivity contribution in [2.45, 2.75) is 19.4 Å². The highest BCUT2D eigenvalue weighted by molar-refractivity contribution is 7.10. The first-order chi connectivity index (χ1) is 10.3. The largest absolute Gasteiger partial charge is 0.271 e. The summed E-state index contributed by atoms with van der Waals surface area (Å²) in [5.41, 5.74) is 5.90. The van der Waals surface area contributed by atoms with Crippen molar-refractivity contribution in [2.24, 2.45) is 5.84 Å². The van der Waals surface area contributed by atoms with E-state index in [1.165, 1.54) is 11.5 Å². The molecule has 0 aliphatic carbocycles. The molecular weight excluding hydrogens is 302 g/mol. The highest BCUT2D eigenvalue weighted by Gasteiger charge is 2.18. The van der Waals surface area contributed by atoms with Gasteiger partial charge in [0, 0.05) is 17.4 Å². The van der Waals surface area contributed by atoms with Crippen LogP contribution in [0.3, 0.4) is 0 Å². The van der Waals surface area contributed by atoms with Gasteiger partial charge >= 0.3 is 0 Å². The quantitative estimate of drug-likeness (QED) is 0.559. The van der Waals surface area contributed by atoms with E-state index in [9.17, 15) is 0 Å². The Kier molecular flexibility index (Phi) is 4.35. The van der Waals surface area contributed by atoms with Crippen LogP contribution in [0.2, 0.25) is 0 Å². The van der Waals surface area contributed by atoms with Gasteiger partial charge in [0.1, 0.15) is 0 Å². The number of hydrogen-bond acceptors (Lipinski definition) is 7. The Morgan fingerprint density at radius 2 is 2.10 bits per heavy atom. The summed E-state index contributed by atoms with van der Waals surface area (Å²) < 4.78 is 3.96. The standard InChI is InChI=1S/C14H15N5S2/c1-9-14(21-19-18-9)11(17-15)7-13-16-12(8-20-13)10-5-3-2-4-6-10/h2-6,8,11,17H,7,15H2,1H3. The number of hydrogen-bond donors (Lipinski definition) is 2. The first-order valence-electron chi connectivity index (χ1n) is 6.52. The van der Waals surface area contributed by atoms with E-state index in [1.807, 2.05) is 25.1 Å². The summed E-state index contributed by atoms with van der Waals surface area (Å²) in [6.07, 6.45) is 0.735. The molecule has 21 heavy (non-hydrogen) atoms. The van der Waals surface area contributed by atoms with Crippen LogP contribution in [0.25, 0.3) is 11.3 Å². The van der Waals surface area contributed by atoms with Crippen molar-refractivity contribution in [1.82, 2.24) is 20.0 Å². The highest BCUT2D eigenvalue weighted by atomic mass is 32.1. The number of nitrogens with one attached hydrogen (secondary N) is 1. The van der Waals surface area contributed by atoms with Gasteiger partial charge in [-0.25, -0.2) is 4.98 Å². The first kappa shape index (κ1) is 14.3. The maximum atomic E-state index is 5.68. The summed E-state index contributed by atoms with van der Waals surface area (Å²) >= 11 is 3.03. The Labute approximate surface area is 131 Å². The third kappa shape index (κ3) is 3.16. The van der Waals surface area contributed by atoms with Crippen molar-refractivity contribution in [2.75, 3.05) is 0 Å². The fourth-order valence-electron chi connectivity index (χ4n) is 2.10. The number of nitrogens with two attached hydrogens (primary N) is 1. The number of rotatable bonds is 5. The van der Waals surface area contributed by atoms with Crippen LogP contribution in [0.4, 0.5) is 0 Å². The molecule has 1 atom stereocenters. The van der Waals surface area contributed by atoms with Crippen molar-refractivity contribution >= 4 is 22.9 Å². The number of aromatic nitrogens is 3. The molecule has 5 nitrogen and oxygen atoms in total. The van der Waals surface area contributed by atoms with E-state index in [0.717, 1.165) is 33.3 Å². The van der Waals surface area contributed by atoms with Gasteiger partial charge in [-0.15, -0.1) is 16.4 Å². The van der Waals surface area contributed by atoms with E-state index < -0.39 is 0 Å². The predicted octanol–water partition coefficient (Wildman–Crippen LogP) is 2.72. The number of benzene rings is 1. The minimum absolute atomic E-state index is 0.000210. The lowest BCUT2D eigenvalue weighted by Crippen LogP contribution is -2.29. The number of thiazole rings is 1. The molecule has 0 radical (unpaired) electrons. The normalized spacial score (nSPS) is 12.5. The van der Waals surface area contributed by atoms with Crippen molar-refractivity contribution in [3.8, 4) is 11.3 Å². The Morgan fingerprint density at radius 3 is 2.76 bits per heavy atom. The smallest absolute Gasteiger partial charge is 0.0952 e. The molecule has 0 amide bonds. The Bertz CT molecular complexity index is 707. The average molecular weight is 317 g/mol. The van der Waals surface area contributed by atoms with Crippen molar-refractivity contribution in [1.29, 1.82) is 0 Å². The SMILES string of the molecule is Cc1nnsc1C(Cc1nc(-c2ccccc2)cs1)NN. The van der Waals surface area contributed by atoms with E-state index >= 15 is 0 Å². The second-order valence-electron chi connectivity index (χ2n) is 4.64. The molecular formula is C14H15N5S2. The van der Waals surface area contributed by atoms with Crippen molar-refractivity contribution in [3.63, 3.8) is 0 Å². The lowest BCUT2D eigenvalue weighted by atomic mass is 10.1. The van der Waals surface area contributed by atoms with Gasteiger partial charge in [0.15, 0.2) is 0 Å². The summed E-state index contributed by atoms with van der Waals surface area (Å²) in [7, 11) is 0. The molecule has 0 saturated carbocycles. The van der Waals surface area contributed by atoms with Crippen LogP contribution in [0, 0.1) is 6.92 Å². The van der Waals surface area contributed by atoms with Crippen LogP contribution in [0.1, 0.15) is 21.6 Å². The fraction of sp³-hybridized carbons (Fsp3) is 0.214. The molecule has 0 aliphatic rings. The maximum absolute atomic E-state index is 5.68. The fourth-order valence-corrected chi connectivity index (χ4v) is 3.66. The van der Waals surface area contributed by atoms with E-state index in [2.05, 4.69) is 32.5 Å². The van der Waals surface area contributed by atoms with Gasteiger partial charge < -0.3 is 0 Å². The number of nitrogens with zero attached hydrogens (tertiary/aromatic N) is 3. The minimum Gasteiger partial charge on any atom is -0.271 e. The minimum atomic E-state index is -0.000210.